The number of halogens is 1. The van der Waals surface area contributed by atoms with Gasteiger partial charge in [-0.1, -0.05) is 11.6 Å². The minimum Gasteiger partial charge on any atom is -0.481 e. The summed E-state index contributed by atoms with van der Waals surface area (Å²) in [4.78, 5) is 33.4. The van der Waals surface area contributed by atoms with E-state index in [4.69, 9.17) is 21.8 Å². The Kier molecular flexibility index (Phi) is 7.04. The Labute approximate surface area is 130 Å². The fraction of sp³-hybridized carbons (Fsp3) is 0.308. The van der Waals surface area contributed by atoms with Gasteiger partial charge in [0.15, 0.2) is 0 Å². The van der Waals surface area contributed by atoms with Gasteiger partial charge in [0.2, 0.25) is 5.91 Å². The second kappa shape index (κ2) is 8.53. The second-order valence-electron chi connectivity index (χ2n) is 4.08. The summed E-state index contributed by atoms with van der Waals surface area (Å²) in [5.74, 6) is -2.15. The molecule has 6 nitrogen and oxygen atoms in total. The monoisotopic (exact) mass is 331 g/mol. The number of carbonyl (C=O) groups is 3. The first-order chi connectivity index (χ1) is 9.90. The molecular formula is C13H14ClNO5S. The van der Waals surface area contributed by atoms with E-state index in [0.717, 1.165) is 0 Å². The van der Waals surface area contributed by atoms with Crippen LogP contribution in [0.4, 0.5) is 0 Å². The number of thioether (sulfide) groups is 1. The summed E-state index contributed by atoms with van der Waals surface area (Å²) in [5.41, 5.74) is -0.0106. The number of benzene rings is 1. The van der Waals surface area contributed by atoms with Gasteiger partial charge >= 0.3 is 11.9 Å². The summed E-state index contributed by atoms with van der Waals surface area (Å²) < 4.78 is 0. The van der Waals surface area contributed by atoms with Gasteiger partial charge in [0.1, 0.15) is 0 Å². The summed E-state index contributed by atoms with van der Waals surface area (Å²) in [5, 5.41) is 20.1. The Morgan fingerprint density at radius 1 is 1.24 bits per heavy atom. The highest BCUT2D eigenvalue weighted by molar-refractivity contribution is 8.00. The van der Waals surface area contributed by atoms with E-state index in [1.165, 1.54) is 23.9 Å². The lowest BCUT2D eigenvalue weighted by Crippen LogP contribution is -2.26. The number of hydrogen-bond donors (Lipinski definition) is 3. The highest BCUT2D eigenvalue weighted by Crippen LogP contribution is 2.24. The standard InChI is InChI=1S/C13H14ClNO5S/c14-10-4-3-8(6-9(10)13(19)20)21-7-11(16)15-5-1-2-12(17)18/h3-4,6H,1-2,5,7H2,(H,15,16)(H,17,18)(H,19,20). The minimum atomic E-state index is -1.12. The molecule has 0 aliphatic rings. The quantitative estimate of drug-likeness (QED) is 0.498. The molecule has 0 atom stereocenters. The number of rotatable bonds is 8. The summed E-state index contributed by atoms with van der Waals surface area (Å²) in [6.45, 7) is 0.298. The first-order valence-corrected chi connectivity index (χ1v) is 7.40. The molecule has 0 bridgehead atoms. The summed E-state index contributed by atoms with van der Waals surface area (Å²) in [6.07, 6.45) is 0.377. The van der Waals surface area contributed by atoms with Crippen molar-refractivity contribution in [2.45, 2.75) is 17.7 Å². The number of carboxylic acids is 2. The largest absolute Gasteiger partial charge is 0.481 e. The SMILES string of the molecule is O=C(O)CCCNC(=O)CSc1ccc(Cl)c(C(=O)O)c1. The van der Waals surface area contributed by atoms with E-state index >= 15 is 0 Å². The Balaban J connectivity index is 2.41. The van der Waals surface area contributed by atoms with Crippen LogP contribution in [0.25, 0.3) is 0 Å². The molecule has 0 aromatic heterocycles. The predicted octanol–water partition coefficient (Wildman–Crippen LogP) is 2.11. The van der Waals surface area contributed by atoms with Crippen LogP contribution in [0.2, 0.25) is 5.02 Å². The van der Waals surface area contributed by atoms with Crippen molar-refractivity contribution < 1.29 is 24.6 Å². The Morgan fingerprint density at radius 3 is 2.57 bits per heavy atom. The third-order valence-electron chi connectivity index (χ3n) is 2.43. The average Bonchev–Trinajstić information content (AvgIpc) is 2.42. The molecule has 1 aromatic carbocycles. The number of carbonyl (C=O) groups excluding carboxylic acids is 1. The van der Waals surface area contributed by atoms with Crippen molar-refractivity contribution in [2.75, 3.05) is 12.3 Å². The van der Waals surface area contributed by atoms with E-state index in [2.05, 4.69) is 5.32 Å². The van der Waals surface area contributed by atoms with E-state index in [9.17, 15) is 14.4 Å². The molecule has 0 fully saturated rings. The first-order valence-electron chi connectivity index (χ1n) is 6.04. The number of nitrogens with one attached hydrogen (secondary N) is 1. The van der Waals surface area contributed by atoms with Gasteiger partial charge < -0.3 is 15.5 Å². The Hall–Kier alpha value is -1.73. The smallest absolute Gasteiger partial charge is 0.337 e. The number of carboxylic acid groups (broad SMARTS) is 2. The molecule has 1 aromatic rings. The lowest BCUT2D eigenvalue weighted by atomic mass is 10.2. The zero-order chi connectivity index (χ0) is 15.8. The van der Waals surface area contributed by atoms with Crippen molar-refractivity contribution in [1.29, 1.82) is 0 Å². The summed E-state index contributed by atoms with van der Waals surface area (Å²) >= 11 is 6.93. The predicted molar refractivity (Wildman–Crippen MR) is 79.0 cm³/mol. The van der Waals surface area contributed by atoms with Crippen molar-refractivity contribution in [2.24, 2.45) is 0 Å². The van der Waals surface area contributed by atoms with Crippen LogP contribution in [0.3, 0.4) is 0 Å². The fourth-order valence-corrected chi connectivity index (χ4v) is 2.39. The van der Waals surface area contributed by atoms with Crippen molar-refractivity contribution in [3.63, 3.8) is 0 Å². The molecule has 0 spiro atoms. The molecule has 0 radical (unpaired) electrons. The van der Waals surface area contributed by atoms with Gasteiger partial charge in [0, 0.05) is 17.9 Å². The van der Waals surface area contributed by atoms with Gasteiger partial charge in [-0.3, -0.25) is 9.59 Å². The van der Waals surface area contributed by atoms with Crippen LogP contribution < -0.4 is 5.32 Å². The number of aromatic carboxylic acids is 1. The van der Waals surface area contributed by atoms with E-state index in [1.807, 2.05) is 0 Å². The molecule has 1 amide bonds. The van der Waals surface area contributed by atoms with E-state index < -0.39 is 11.9 Å². The lowest BCUT2D eigenvalue weighted by Gasteiger charge is -2.06. The average molecular weight is 332 g/mol. The topological polar surface area (TPSA) is 104 Å². The molecule has 0 aliphatic carbocycles. The van der Waals surface area contributed by atoms with Crippen LogP contribution in [0.1, 0.15) is 23.2 Å². The van der Waals surface area contributed by atoms with Crippen LogP contribution >= 0.6 is 23.4 Å². The zero-order valence-electron chi connectivity index (χ0n) is 11.0. The maximum atomic E-state index is 11.5. The molecule has 114 valence electrons. The maximum absolute atomic E-state index is 11.5. The van der Waals surface area contributed by atoms with E-state index in [-0.39, 0.29) is 28.7 Å². The third-order valence-corrected chi connectivity index (χ3v) is 3.75. The highest BCUT2D eigenvalue weighted by Gasteiger charge is 2.10. The van der Waals surface area contributed by atoms with Gasteiger partial charge in [-0.15, -0.1) is 11.8 Å². The molecular weight excluding hydrogens is 318 g/mol. The van der Waals surface area contributed by atoms with Crippen LogP contribution in [-0.4, -0.2) is 40.4 Å². The van der Waals surface area contributed by atoms with Gasteiger partial charge in [-0.25, -0.2) is 4.79 Å². The molecule has 3 N–H and O–H groups in total. The highest BCUT2D eigenvalue weighted by atomic mass is 35.5. The van der Waals surface area contributed by atoms with Crippen LogP contribution in [0.15, 0.2) is 23.1 Å². The zero-order valence-corrected chi connectivity index (χ0v) is 12.5. The van der Waals surface area contributed by atoms with Crippen molar-refractivity contribution in [3.8, 4) is 0 Å². The van der Waals surface area contributed by atoms with Crippen LogP contribution in [0.5, 0.6) is 0 Å². The molecule has 0 heterocycles. The van der Waals surface area contributed by atoms with Crippen LogP contribution in [-0.2, 0) is 9.59 Å². The van der Waals surface area contributed by atoms with Gasteiger partial charge in [0.05, 0.1) is 16.3 Å². The van der Waals surface area contributed by atoms with Crippen molar-refractivity contribution in [1.82, 2.24) is 5.32 Å². The Morgan fingerprint density at radius 2 is 1.95 bits per heavy atom. The van der Waals surface area contributed by atoms with Gasteiger partial charge in [-0.2, -0.15) is 0 Å². The molecule has 0 aliphatic heterocycles. The number of amides is 1. The van der Waals surface area contributed by atoms with Gasteiger partial charge in [0.25, 0.3) is 0 Å². The first kappa shape index (κ1) is 17.3. The van der Waals surface area contributed by atoms with Gasteiger partial charge in [-0.05, 0) is 24.6 Å². The number of aliphatic carboxylic acids is 1. The fourth-order valence-electron chi connectivity index (χ4n) is 1.43. The maximum Gasteiger partial charge on any atom is 0.337 e. The van der Waals surface area contributed by atoms with E-state index in [1.54, 1.807) is 6.07 Å². The second-order valence-corrected chi connectivity index (χ2v) is 5.54. The lowest BCUT2D eigenvalue weighted by molar-refractivity contribution is -0.137. The van der Waals surface area contributed by atoms with Crippen molar-refractivity contribution >= 4 is 41.2 Å². The molecule has 8 heteroatoms. The molecule has 1 rings (SSSR count). The van der Waals surface area contributed by atoms with E-state index in [0.29, 0.717) is 17.9 Å². The molecule has 21 heavy (non-hydrogen) atoms. The molecule has 0 saturated heterocycles. The number of hydrogen-bond acceptors (Lipinski definition) is 4. The normalized spacial score (nSPS) is 10.1. The Bertz CT molecular complexity index is 549. The summed E-state index contributed by atoms with van der Waals surface area (Å²) in [7, 11) is 0. The van der Waals surface area contributed by atoms with Crippen molar-refractivity contribution in [3.05, 3.63) is 28.8 Å². The minimum absolute atomic E-state index is 0.00653. The molecule has 0 saturated carbocycles. The van der Waals surface area contributed by atoms with Crippen LogP contribution in [0, 0.1) is 0 Å². The summed E-state index contributed by atoms with van der Waals surface area (Å²) in [6, 6.07) is 4.52. The molecule has 0 unspecified atom stereocenters. The third kappa shape index (κ3) is 6.50.